The summed E-state index contributed by atoms with van der Waals surface area (Å²) < 4.78 is 29.9. The first-order chi connectivity index (χ1) is 22.9. The van der Waals surface area contributed by atoms with Crippen LogP contribution in [-0.2, 0) is 32.6 Å². The van der Waals surface area contributed by atoms with Gasteiger partial charge in [-0.2, -0.15) is 0 Å². The molecule has 2 amide bonds. The number of carbonyl (C=O) groups excluding carboxylic acids is 2. The molecule has 1 aliphatic rings. The van der Waals surface area contributed by atoms with Gasteiger partial charge >= 0.3 is 0 Å². The molecule has 0 saturated heterocycles. The van der Waals surface area contributed by atoms with Crippen molar-refractivity contribution in [2.45, 2.75) is 76.4 Å². The topological polar surface area (TPSA) is 86.8 Å². The summed E-state index contributed by atoms with van der Waals surface area (Å²) in [5, 5.41) is 3.87. The summed E-state index contributed by atoms with van der Waals surface area (Å²) in [6.45, 7) is 5.06. The van der Waals surface area contributed by atoms with Crippen molar-refractivity contribution in [2.75, 3.05) is 10.8 Å². The van der Waals surface area contributed by atoms with Crippen LogP contribution in [0.25, 0.3) is 0 Å². The number of hydrogen-bond donors (Lipinski definition) is 1. The van der Waals surface area contributed by atoms with Gasteiger partial charge < -0.3 is 10.2 Å². The standard InChI is InChI=1S/C38H41Cl2N3O4S/c1-26-14-18-32(19-15-26)48(46,47)43(35-21-27(2)13-16-28(35)3)25-37(44)42(24-30-17-20-33(39)34(40)22-30)36(23-29-9-5-4-6-10-29)38(45)41-31-11-7-8-12-31/h4-6,9-10,13-22,31,36H,7-8,11-12,23-25H2,1-3H3,(H,41,45)/t36-/m0/s1. The van der Waals surface area contributed by atoms with Crippen LogP contribution in [0.5, 0.6) is 0 Å². The molecule has 0 spiro atoms. The molecule has 0 radical (unpaired) electrons. The van der Waals surface area contributed by atoms with E-state index in [9.17, 15) is 18.0 Å². The molecule has 0 heterocycles. The Morgan fingerprint density at radius 2 is 1.48 bits per heavy atom. The minimum atomic E-state index is -4.20. The van der Waals surface area contributed by atoms with E-state index in [2.05, 4.69) is 5.32 Å². The van der Waals surface area contributed by atoms with E-state index < -0.39 is 28.5 Å². The Balaban J connectivity index is 1.60. The molecule has 1 atom stereocenters. The number of amides is 2. The maximum Gasteiger partial charge on any atom is 0.264 e. The van der Waals surface area contributed by atoms with Crippen LogP contribution in [0.4, 0.5) is 5.69 Å². The van der Waals surface area contributed by atoms with Gasteiger partial charge in [0.25, 0.3) is 10.0 Å². The Labute approximate surface area is 293 Å². The average Bonchev–Trinajstić information content (AvgIpc) is 3.58. The lowest BCUT2D eigenvalue weighted by Gasteiger charge is -2.34. The zero-order valence-corrected chi connectivity index (χ0v) is 29.8. The van der Waals surface area contributed by atoms with Gasteiger partial charge in [0.1, 0.15) is 12.6 Å². The van der Waals surface area contributed by atoms with Crippen molar-refractivity contribution in [1.82, 2.24) is 10.2 Å². The normalized spacial score (nSPS) is 14.0. The third-order valence-electron chi connectivity index (χ3n) is 8.83. The van der Waals surface area contributed by atoms with Crippen molar-refractivity contribution in [3.63, 3.8) is 0 Å². The predicted molar refractivity (Wildman–Crippen MR) is 193 cm³/mol. The Bertz CT molecular complexity index is 1860. The smallest absolute Gasteiger partial charge is 0.264 e. The van der Waals surface area contributed by atoms with Crippen LogP contribution < -0.4 is 9.62 Å². The first kappa shape index (κ1) is 35.5. The fourth-order valence-electron chi connectivity index (χ4n) is 6.10. The number of carbonyl (C=O) groups is 2. The van der Waals surface area contributed by atoms with E-state index in [0.717, 1.165) is 42.4 Å². The fourth-order valence-corrected chi connectivity index (χ4v) is 7.89. The number of aryl methyl sites for hydroxylation is 3. The van der Waals surface area contributed by atoms with Gasteiger partial charge in [0.2, 0.25) is 11.8 Å². The third-order valence-corrected chi connectivity index (χ3v) is 11.3. The molecule has 0 aliphatic heterocycles. The molecule has 4 aromatic rings. The van der Waals surface area contributed by atoms with Crippen molar-refractivity contribution in [2.24, 2.45) is 0 Å². The molecular formula is C38H41Cl2N3O4S. The summed E-state index contributed by atoms with van der Waals surface area (Å²) in [4.78, 5) is 30.5. The first-order valence-electron chi connectivity index (χ1n) is 16.2. The third kappa shape index (κ3) is 8.59. The monoisotopic (exact) mass is 705 g/mol. The summed E-state index contributed by atoms with van der Waals surface area (Å²) in [5.74, 6) is -0.806. The second-order valence-corrected chi connectivity index (χ2v) is 15.3. The maximum atomic E-state index is 14.8. The summed E-state index contributed by atoms with van der Waals surface area (Å²) in [5.41, 5.74) is 4.37. The van der Waals surface area contributed by atoms with E-state index in [-0.39, 0.29) is 29.8 Å². The van der Waals surface area contributed by atoms with Crippen molar-refractivity contribution in [3.05, 3.63) is 129 Å². The number of anilines is 1. The van der Waals surface area contributed by atoms with Gasteiger partial charge in [0.05, 0.1) is 20.6 Å². The molecule has 48 heavy (non-hydrogen) atoms. The molecule has 1 N–H and O–H groups in total. The highest BCUT2D eigenvalue weighted by Crippen LogP contribution is 2.30. The Kier molecular flexibility index (Phi) is 11.5. The average molecular weight is 707 g/mol. The number of nitrogens with zero attached hydrogens (tertiary/aromatic N) is 2. The highest BCUT2D eigenvalue weighted by Gasteiger charge is 2.36. The molecule has 0 aromatic heterocycles. The number of hydrogen-bond acceptors (Lipinski definition) is 4. The molecule has 252 valence electrons. The predicted octanol–water partition coefficient (Wildman–Crippen LogP) is 7.81. The van der Waals surface area contributed by atoms with E-state index in [1.807, 2.05) is 63.2 Å². The summed E-state index contributed by atoms with van der Waals surface area (Å²) in [7, 11) is -4.20. The van der Waals surface area contributed by atoms with Gasteiger partial charge in [0.15, 0.2) is 0 Å². The van der Waals surface area contributed by atoms with Gasteiger partial charge in [-0.25, -0.2) is 8.42 Å². The molecule has 1 saturated carbocycles. The van der Waals surface area contributed by atoms with Gasteiger partial charge in [-0.1, -0.05) is 102 Å². The van der Waals surface area contributed by atoms with Gasteiger partial charge in [-0.05, 0) is 86.2 Å². The van der Waals surface area contributed by atoms with Crippen molar-refractivity contribution < 1.29 is 18.0 Å². The minimum absolute atomic E-state index is 0.0104. The van der Waals surface area contributed by atoms with Gasteiger partial charge in [0, 0.05) is 19.0 Å². The van der Waals surface area contributed by atoms with Crippen LogP contribution in [-0.4, -0.2) is 43.8 Å². The van der Waals surface area contributed by atoms with Crippen molar-refractivity contribution in [3.8, 4) is 0 Å². The number of sulfonamides is 1. The second-order valence-electron chi connectivity index (χ2n) is 12.6. The SMILES string of the molecule is Cc1ccc(S(=O)(=O)N(CC(=O)N(Cc2ccc(Cl)c(Cl)c2)[C@@H](Cc2ccccc2)C(=O)NC2CCCC2)c2cc(C)ccc2C)cc1. The van der Waals surface area contributed by atoms with E-state index in [0.29, 0.717) is 26.9 Å². The molecule has 4 aromatic carbocycles. The molecule has 7 nitrogen and oxygen atoms in total. The van der Waals surface area contributed by atoms with E-state index in [4.69, 9.17) is 23.2 Å². The van der Waals surface area contributed by atoms with Gasteiger partial charge in [-0.15, -0.1) is 0 Å². The molecular weight excluding hydrogens is 665 g/mol. The highest BCUT2D eigenvalue weighted by molar-refractivity contribution is 7.92. The maximum absolute atomic E-state index is 14.8. The molecule has 1 aliphatic carbocycles. The minimum Gasteiger partial charge on any atom is -0.352 e. The van der Waals surface area contributed by atoms with Crippen molar-refractivity contribution >= 4 is 50.7 Å². The zero-order chi connectivity index (χ0) is 34.4. The zero-order valence-electron chi connectivity index (χ0n) is 27.5. The summed E-state index contributed by atoms with van der Waals surface area (Å²) >= 11 is 12.6. The molecule has 0 unspecified atom stereocenters. The molecule has 5 rings (SSSR count). The fraction of sp³-hybridized carbons (Fsp3) is 0.316. The highest BCUT2D eigenvalue weighted by atomic mass is 35.5. The number of halogens is 2. The lowest BCUT2D eigenvalue weighted by molar-refractivity contribution is -0.140. The largest absolute Gasteiger partial charge is 0.352 e. The van der Waals surface area contributed by atoms with E-state index >= 15 is 0 Å². The van der Waals surface area contributed by atoms with Crippen molar-refractivity contribution in [1.29, 1.82) is 0 Å². The lowest BCUT2D eigenvalue weighted by atomic mass is 10.0. The summed E-state index contributed by atoms with van der Waals surface area (Å²) in [6, 6.07) is 25.8. The van der Waals surface area contributed by atoms with Crippen LogP contribution in [0.1, 0.15) is 53.5 Å². The van der Waals surface area contributed by atoms with Gasteiger partial charge in [-0.3, -0.25) is 13.9 Å². The second kappa shape index (κ2) is 15.6. The Morgan fingerprint density at radius 1 is 0.812 bits per heavy atom. The number of rotatable bonds is 12. The quantitative estimate of drug-likeness (QED) is 0.163. The molecule has 10 heteroatoms. The van der Waals surface area contributed by atoms with E-state index in [1.54, 1.807) is 48.5 Å². The van der Waals surface area contributed by atoms with Crippen LogP contribution in [0.2, 0.25) is 10.0 Å². The first-order valence-corrected chi connectivity index (χ1v) is 18.4. The number of nitrogens with one attached hydrogen (secondary N) is 1. The Hall–Kier alpha value is -3.85. The molecule has 0 bridgehead atoms. The van der Waals surface area contributed by atoms with Crippen LogP contribution >= 0.6 is 23.2 Å². The molecule has 1 fully saturated rings. The summed E-state index contributed by atoms with van der Waals surface area (Å²) in [6.07, 6.45) is 4.05. The Morgan fingerprint density at radius 3 is 2.15 bits per heavy atom. The van der Waals surface area contributed by atoms with Crippen LogP contribution in [0.15, 0.2) is 95.9 Å². The lowest BCUT2D eigenvalue weighted by Crippen LogP contribution is -2.54. The number of benzene rings is 4. The van der Waals surface area contributed by atoms with Crippen LogP contribution in [0, 0.1) is 20.8 Å². The van der Waals surface area contributed by atoms with Crippen LogP contribution in [0.3, 0.4) is 0 Å². The van der Waals surface area contributed by atoms with E-state index in [1.165, 1.54) is 9.21 Å².